The quantitative estimate of drug-likeness (QED) is 0.760. The van der Waals surface area contributed by atoms with Crippen molar-refractivity contribution < 1.29 is 23.9 Å². The van der Waals surface area contributed by atoms with Crippen molar-refractivity contribution in [1.29, 1.82) is 0 Å². The van der Waals surface area contributed by atoms with E-state index in [-0.39, 0.29) is 18.2 Å². The minimum atomic E-state index is -0.473. The number of benzene rings is 1. The zero-order chi connectivity index (χ0) is 21.7. The van der Waals surface area contributed by atoms with Crippen molar-refractivity contribution in [3.63, 3.8) is 0 Å². The summed E-state index contributed by atoms with van der Waals surface area (Å²) < 4.78 is 10.3. The molecule has 1 aliphatic heterocycles. The molecular weight excluding hydrogens is 386 g/mol. The number of nitrogens with zero attached hydrogens (tertiary/aromatic N) is 2. The third kappa shape index (κ3) is 4.65. The van der Waals surface area contributed by atoms with Gasteiger partial charge in [0.1, 0.15) is 5.69 Å². The van der Waals surface area contributed by atoms with Gasteiger partial charge >= 0.3 is 5.97 Å². The van der Waals surface area contributed by atoms with Gasteiger partial charge in [-0.3, -0.25) is 9.59 Å². The normalized spacial score (nSPS) is 13.6. The van der Waals surface area contributed by atoms with Crippen LogP contribution in [-0.2, 0) is 9.47 Å². The summed E-state index contributed by atoms with van der Waals surface area (Å²) in [6.45, 7) is 7.57. The molecule has 0 aliphatic carbocycles. The fraction of sp³-hybridized carbons (Fsp3) is 0.364. The number of pyridine rings is 1. The van der Waals surface area contributed by atoms with Crippen LogP contribution in [-0.4, -0.2) is 60.6 Å². The van der Waals surface area contributed by atoms with Gasteiger partial charge in [-0.1, -0.05) is 6.07 Å². The van der Waals surface area contributed by atoms with Crippen LogP contribution >= 0.6 is 0 Å². The minimum absolute atomic E-state index is 0.0837. The zero-order valence-corrected chi connectivity index (χ0v) is 17.4. The molecule has 1 aliphatic rings. The van der Waals surface area contributed by atoms with E-state index in [1.807, 2.05) is 0 Å². The molecule has 0 radical (unpaired) electrons. The number of carbonyl (C=O) groups excluding carboxylic acids is 3. The molecule has 8 nitrogen and oxygen atoms in total. The number of anilines is 1. The lowest BCUT2D eigenvalue weighted by Gasteiger charge is -2.27. The molecule has 8 heteroatoms. The molecule has 2 amide bonds. The van der Waals surface area contributed by atoms with Gasteiger partial charge in [0.15, 0.2) is 0 Å². The van der Waals surface area contributed by atoms with Gasteiger partial charge in [0, 0.05) is 24.3 Å². The molecule has 0 bridgehead atoms. The monoisotopic (exact) mass is 411 g/mol. The van der Waals surface area contributed by atoms with Crippen LogP contribution in [0.15, 0.2) is 30.3 Å². The highest BCUT2D eigenvalue weighted by Gasteiger charge is 2.22. The largest absolute Gasteiger partial charge is 0.462 e. The second-order valence-corrected chi connectivity index (χ2v) is 6.89. The SMILES string of the molecule is CCOC(=O)c1ccc(C(=O)Nc2cccc(C(=O)N3CCOCC3)c2C)nc1C. The van der Waals surface area contributed by atoms with E-state index in [1.165, 1.54) is 12.1 Å². The number of aromatic nitrogens is 1. The van der Waals surface area contributed by atoms with E-state index < -0.39 is 11.9 Å². The van der Waals surface area contributed by atoms with Gasteiger partial charge in [-0.15, -0.1) is 0 Å². The molecule has 2 aromatic rings. The Bertz CT molecular complexity index is 967. The van der Waals surface area contributed by atoms with Gasteiger partial charge in [0.2, 0.25) is 0 Å². The van der Waals surface area contributed by atoms with Gasteiger partial charge in [0.25, 0.3) is 11.8 Å². The van der Waals surface area contributed by atoms with E-state index in [4.69, 9.17) is 9.47 Å². The molecule has 30 heavy (non-hydrogen) atoms. The second kappa shape index (κ2) is 9.49. The number of hydrogen-bond donors (Lipinski definition) is 1. The Hall–Kier alpha value is -3.26. The highest BCUT2D eigenvalue weighted by molar-refractivity contribution is 6.05. The van der Waals surface area contributed by atoms with E-state index in [9.17, 15) is 14.4 Å². The number of carbonyl (C=O) groups is 3. The van der Waals surface area contributed by atoms with Crippen molar-refractivity contribution in [2.45, 2.75) is 20.8 Å². The Morgan fingerprint density at radius 1 is 1.10 bits per heavy atom. The van der Waals surface area contributed by atoms with Crippen LogP contribution in [0.2, 0.25) is 0 Å². The first-order valence-corrected chi connectivity index (χ1v) is 9.85. The van der Waals surface area contributed by atoms with E-state index in [0.29, 0.717) is 54.4 Å². The first-order valence-electron chi connectivity index (χ1n) is 9.85. The van der Waals surface area contributed by atoms with E-state index in [0.717, 1.165) is 0 Å². The van der Waals surface area contributed by atoms with Crippen molar-refractivity contribution in [3.8, 4) is 0 Å². The topological polar surface area (TPSA) is 97.8 Å². The van der Waals surface area contributed by atoms with Gasteiger partial charge in [-0.25, -0.2) is 9.78 Å². The predicted molar refractivity (Wildman–Crippen MR) is 111 cm³/mol. The van der Waals surface area contributed by atoms with E-state index >= 15 is 0 Å². The second-order valence-electron chi connectivity index (χ2n) is 6.89. The Morgan fingerprint density at radius 3 is 2.50 bits per heavy atom. The van der Waals surface area contributed by atoms with Gasteiger partial charge in [-0.05, 0) is 50.6 Å². The summed E-state index contributed by atoms with van der Waals surface area (Å²) >= 11 is 0. The summed E-state index contributed by atoms with van der Waals surface area (Å²) in [6.07, 6.45) is 0. The van der Waals surface area contributed by atoms with Gasteiger partial charge in [-0.2, -0.15) is 0 Å². The summed E-state index contributed by atoms with van der Waals surface area (Å²) in [5.41, 5.74) is 2.66. The van der Waals surface area contributed by atoms with Crippen molar-refractivity contribution in [3.05, 3.63) is 58.4 Å². The Balaban J connectivity index is 1.78. The Kier molecular flexibility index (Phi) is 6.79. The summed E-state index contributed by atoms with van der Waals surface area (Å²) in [6, 6.07) is 8.23. The summed E-state index contributed by atoms with van der Waals surface area (Å²) in [5, 5.41) is 2.81. The molecule has 1 N–H and O–H groups in total. The smallest absolute Gasteiger partial charge is 0.339 e. The number of ether oxygens (including phenoxy) is 2. The highest BCUT2D eigenvalue weighted by Crippen LogP contribution is 2.22. The van der Waals surface area contributed by atoms with Crippen LogP contribution in [0.5, 0.6) is 0 Å². The molecule has 0 unspecified atom stereocenters. The number of rotatable bonds is 5. The molecular formula is C22H25N3O5. The fourth-order valence-corrected chi connectivity index (χ4v) is 3.24. The lowest BCUT2D eigenvalue weighted by molar-refractivity contribution is 0.0302. The third-order valence-corrected chi connectivity index (χ3v) is 4.92. The standard InChI is InChI=1S/C22H25N3O5/c1-4-30-22(28)17-8-9-19(23-15(17)3)20(26)24-18-7-5-6-16(14(18)2)21(27)25-10-12-29-13-11-25/h5-9H,4,10-13H2,1-3H3,(H,24,26). The van der Waals surface area contributed by atoms with Crippen LogP contribution in [0.4, 0.5) is 5.69 Å². The molecule has 3 rings (SSSR count). The summed E-state index contributed by atoms with van der Waals surface area (Å²) in [4.78, 5) is 43.4. The molecule has 0 saturated carbocycles. The van der Waals surface area contributed by atoms with Crippen LogP contribution in [0.25, 0.3) is 0 Å². The molecule has 1 saturated heterocycles. The van der Waals surface area contributed by atoms with Gasteiger partial charge < -0.3 is 19.7 Å². The maximum atomic E-state index is 12.8. The van der Waals surface area contributed by atoms with E-state index in [2.05, 4.69) is 10.3 Å². The lowest BCUT2D eigenvalue weighted by atomic mass is 10.0. The Morgan fingerprint density at radius 2 is 1.83 bits per heavy atom. The molecule has 0 atom stereocenters. The molecule has 1 aromatic heterocycles. The minimum Gasteiger partial charge on any atom is -0.462 e. The summed E-state index contributed by atoms with van der Waals surface area (Å²) in [7, 11) is 0. The maximum absolute atomic E-state index is 12.8. The van der Waals surface area contributed by atoms with Crippen molar-refractivity contribution in [2.75, 3.05) is 38.2 Å². The number of hydrogen-bond acceptors (Lipinski definition) is 6. The predicted octanol–water partition coefficient (Wildman–Crippen LogP) is 2.60. The molecule has 158 valence electrons. The van der Waals surface area contributed by atoms with Crippen molar-refractivity contribution in [1.82, 2.24) is 9.88 Å². The zero-order valence-electron chi connectivity index (χ0n) is 17.4. The third-order valence-electron chi connectivity index (χ3n) is 4.92. The number of esters is 1. The molecule has 0 spiro atoms. The number of morpholine rings is 1. The number of nitrogens with one attached hydrogen (secondary N) is 1. The van der Waals surface area contributed by atoms with Crippen LogP contribution in [0, 0.1) is 13.8 Å². The summed E-state index contributed by atoms with van der Waals surface area (Å²) in [5.74, 6) is -0.980. The molecule has 2 heterocycles. The first kappa shape index (κ1) is 21.4. The number of aryl methyl sites for hydroxylation is 1. The van der Waals surface area contributed by atoms with Crippen LogP contribution in [0.1, 0.15) is 49.4 Å². The fourth-order valence-electron chi connectivity index (χ4n) is 3.24. The average molecular weight is 411 g/mol. The number of amides is 2. The van der Waals surface area contributed by atoms with E-state index in [1.54, 1.807) is 43.9 Å². The average Bonchev–Trinajstić information content (AvgIpc) is 2.75. The van der Waals surface area contributed by atoms with Crippen molar-refractivity contribution in [2.24, 2.45) is 0 Å². The first-order chi connectivity index (χ1) is 14.4. The molecule has 1 fully saturated rings. The van der Waals surface area contributed by atoms with Crippen LogP contribution in [0.3, 0.4) is 0 Å². The Labute approximate surface area is 175 Å². The highest BCUT2D eigenvalue weighted by atomic mass is 16.5. The van der Waals surface area contributed by atoms with Crippen molar-refractivity contribution >= 4 is 23.5 Å². The van der Waals surface area contributed by atoms with Crippen LogP contribution < -0.4 is 5.32 Å². The molecule has 1 aromatic carbocycles. The lowest BCUT2D eigenvalue weighted by Crippen LogP contribution is -2.41. The maximum Gasteiger partial charge on any atom is 0.339 e. The van der Waals surface area contributed by atoms with Gasteiger partial charge in [0.05, 0.1) is 31.1 Å².